The lowest BCUT2D eigenvalue weighted by molar-refractivity contribution is -0.124. The smallest absolute Gasteiger partial charge is 0.239 e. The van der Waals surface area contributed by atoms with Crippen LogP contribution in [0.5, 0.6) is 11.5 Å². The molecule has 0 bridgehead atoms. The van der Waals surface area contributed by atoms with Crippen molar-refractivity contribution in [3.8, 4) is 11.5 Å². The van der Waals surface area contributed by atoms with Crippen molar-refractivity contribution in [3.63, 3.8) is 0 Å². The first-order chi connectivity index (χ1) is 14.2. The molecule has 0 aliphatic carbocycles. The normalized spacial score (nSPS) is 22.7. The van der Waals surface area contributed by atoms with Gasteiger partial charge in [-0.2, -0.15) is 0 Å². The Morgan fingerprint density at radius 1 is 1.03 bits per heavy atom. The number of methoxy groups -OCH3 is 2. The van der Waals surface area contributed by atoms with Gasteiger partial charge in [0.1, 0.15) is 17.5 Å². The molecule has 2 heterocycles. The third-order valence-corrected chi connectivity index (χ3v) is 5.80. The lowest BCUT2D eigenvalue weighted by Gasteiger charge is -2.29. The van der Waals surface area contributed by atoms with Gasteiger partial charge in [-0.15, -0.1) is 12.4 Å². The van der Waals surface area contributed by atoms with E-state index in [4.69, 9.17) is 9.47 Å². The Bertz CT molecular complexity index is 818. The van der Waals surface area contributed by atoms with Crippen LogP contribution in [0.4, 0.5) is 0 Å². The summed E-state index contributed by atoms with van der Waals surface area (Å²) in [6.45, 7) is 1.80. The quantitative estimate of drug-likeness (QED) is 0.557. The summed E-state index contributed by atoms with van der Waals surface area (Å²) < 4.78 is 10.8. The maximum absolute atomic E-state index is 13.3. The molecule has 4 N–H and O–H groups in total. The van der Waals surface area contributed by atoms with Gasteiger partial charge in [-0.05, 0) is 48.4 Å². The highest BCUT2D eigenvalue weighted by Gasteiger charge is 2.41. The van der Waals surface area contributed by atoms with E-state index in [1.807, 2.05) is 48.5 Å². The Morgan fingerprint density at radius 3 is 2.27 bits per heavy atom. The van der Waals surface area contributed by atoms with Gasteiger partial charge in [0.25, 0.3) is 0 Å². The molecule has 162 valence electrons. The fraction of sp³-hybridized carbons (Fsp3) is 0.409. The first kappa shape index (κ1) is 22.4. The van der Waals surface area contributed by atoms with E-state index >= 15 is 0 Å². The van der Waals surface area contributed by atoms with Crippen molar-refractivity contribution >= 4 is 18.3 Å². The molecule has 8 heteroatoms. The Balaban J connectivity index is 0.00000256. The Labute approximate surface area is 183 Å². The first-order valence-corrected chi connectivity index (χ1v) is 9.99. The van der Waals surface area contributed by atoms with Crippen molar-refractivity contribution in [3.05, 3.63) is 59.7 Å². The number of amides is 1. The average Bonchev–Trinajstić information content (AvgIpc) is 3.21. The van der Waals surface area contributed by atoms with Crippen molar-refractivity contribution in [1.29, 1.82) is 0 Å². The van der Waals surface area contributed by atoms with Crippen LogP contribution in [0.3, 0.4) is 0 Å². The molecule has 7 nitrogen and oxygen atoms in total. The van der Waals surface area contributed by atoms with Crippen LogP contribution >= 0.6 is 12.4 Å². The Hall–Kier alpha value is -2.32. The van der Waals surface area contributed by atoms with Crippen molar-refractivity contribution in [2.75, 3.05) is 27.3 Å². The van der Waals surface area contributed by atoms with Crippen LogP contribution in [-0.4, -0.2) is 45.3 Å². The van der Waals surface area contributed by atoms with Crippen molar-refractivity contribution in [1.82, 2.24) is 21.5 Å². The zero-order chi connectivity index (χ0) is 20.2. The predicted molar refractivity (Wildman–Crippen MR) is 118 cm³/mol. The van der Waals surface area contributed by atoms with Crippen LogP contribution < -0.4 is 31.0 Å². The van der Waals surface area contributed by atoms with Crippen molar-refractivity contribution < 1.29 is 14.3 Å². The molecular weight excluding hydrogens is 404 g/mol. The second-order valence-corrected chi connectivity index (χ2v) is 7.52. The molecule has 0 aromatic heterocycles. The highest BCUT2D eigenvalue weighted by molar-refractivity contribution is 5.85. The molecule has 2 saturated heterocycles. The van der Waals surface area contributed by atoms with Gasteiger partial charge in [0.15, 0.2) is 0 Å². The van der Waals surface area contributed by atoms with E-state index in [1.54, 1.807) is 14.2 Å². The van der Waals surface area contributed by atoms with E-state index in [0.29, 0.717) is 6.04 Å². The third kappa shape index (κ3) is 4.70. The zero-order valence-electron chi connectivity index (χ0n) is 17.2. The van der Waals surface area contributed by atoms with Gasteiger partial charge in [0.05, 0.1) is 20.3 Å². The van der Waals surface area contributed by atoms with E-state index < -0.39 is 0 Å². The number of benzene rings is 2. The summed E-state index contributed by atoms with van der Waals surface area (Å²) in [6, 6.07) is 15.3. The highest BCUT2D eigenvalue weighted by Crippen LogP contribution is 2.29. The standard InChI is InChI=1S/C22H28N4O3.ClH/c1-28-16-7-3-5-14(11-16)20(15-6-4-8-17(12-15)29-2)24-22(27)21-18-13-23-10-9-19(18)25-26-21;/h3-8,11-12,18-21,23,25-26H,9-10,13H2,1-2H3,(H,24,27);1H. The first-order valence-electron chi connectivity index (χ1n) is 9.99. The largest absolute Gasteiger partial charge is 0.497 e. The van der Waals surface area contributed by atoms with Crippen LogP contribution in [0.15, 0.2) is 48.5 Å². The van der Waals surface area contributed by atoms with Gasteiger partial charge in [-0.25, -0.2) is 5.43 Å². The van der Waals surface area contributed by atoms with E-state index in [1.165, 1.54) is 0 Å². The summed E-state index contributed by atoms with van der Waals surface area (Å²) in [5, 5.41) is 6.64. The highest BCUT2D eigenvalue weighted by atomic mass is 35.5. The monoisotopic (exact) mass is 432 g/mol. The summed E-state index contributed by atoms with van der Waals surface area (Å²) in [4.78, 5) is 13.3. The van der Waals surface area contributed by atoms with Crippen molar-refractivity contribution in [2.45, 2.75) is 24.5 Å². The second kappa shape index (κ2) is 10.1. The molecule has 2 aromatic carbocycles. The molecule has 4 rings (SSSR count). The van der Waals surface area contributed by atoms with Gasteiger partial charge < -0.3 is 20.1 Å². The van der Waals surface area contributed by atoms with E-state index in [0.717, 1.165) is 42.1 Å². The van der Waals surface area contributed by atoms with Gasteiger partial charge >= 0.3 is 0 Å². The average molecular weight is 433 g/mol. The van der Waals surface area contributed by atoms with Gasteiger partial charge in [0.2, 0.25) is 5.91 Å². The van der Waals surface area contributed by atoms with Crippen LogP contribution in [-0.2, 0) is 4.79 Å². The number of rotatable bonds is 6. The number of hydrogen-bond donors (Lipinski definition) is 4. The SMILES string of the molecule is COc1cccc(C(NC(=O)C2NNC3CCNCC32)c2cccc(OC)c2)c1.Cl. The van der Waals surface area contributed by atoms with Crippen LogP contribution in [0.25, 0.3) is 0 Å². The lowest BCUT2D eigenvalue weighted by Crippen LogP contribution is -2.50. The van der Waals surface area contributed by atoms with E-state index in [2.05, 4.69) is 21.5 Å². The number of carbonyl (C=O) groups is 1. The minimum atomic E-state index is -0.315. The number of ether oxygens (including phenoxy) is 2. The van der Waals surface area contributed by atoms with E-state index in [9.17, 15) is 4.79 Å². The number of carbonyl (C=O) groups excluding carboxylic acids is 1. The zero-order valence-corrected chi connectivity index (χ0v) is 18.0. The molecular formula is C22H29ClN4O3. The molecule has 3 unspecified atom stereocenters. The molecule has 0 spiro atoms. The number of halogens is 1. The van der Waals surface area contributed by atoms with Gasteiger partial charge in [0, 0.05) is 18.5 Å². The van der Waals surface area contributed by atoms with E-state index in [-0.39, 0.29) is 36.3 Å². The molecule has 3 atom stereocenters. The number of hydrazine groups is 1. The predicted octanol–water partition coefficient (Wildman–Crippen LogP) is 1.79. The topological polar surface area (TPSA) is 83.7 Å². The number of piperidine rings is 1. The summed E-state index contributed by atoms with van der Waals surface area (Å²) in [5.41, 5.74) is 8.40. The van der Waals surface area contributed by atoms with Gasteiger partial charge in [-0.1, -0.05) is 24.3 Å². The summed E-state index contributed by atoms with van der Waals surface area (Å²) in [7, 11) is 3.28. The van der Waals surface area contributed by atoms with Crippen molar-refractivity contribution in [2.24, 2.45) is 5.92 Å². The van der Waals surface area contributed by atoms with Crippen LogP contribution in [0, 0.1) is 5.92 Å². The minimum absolute atomic E-state index is 0. The maximum Gasteiger partial charge on any atom is 0.239 e. The fourth-order valence-corrected chi connectivity index (χ4v) is 4.21. The molecule has 2 fully saturated rings. The molecule has 2 aliphatic heterocycles. The second-order valence-electron chi connectivity index (χ2n) is 7.52. The minimum Gasteiger partial charge on any atom is -0.497 e. The molecule has 0 radical (unpaired) electrons. The molecule has 2 aromatic rings. The Kier molecular flexibility index (Phi) is 7.55. The molecule has 2 aliphatic rings. The van der Waals surface area contributed by atoms with Crippen LogP contribution in [0.1, 0.15) is 23.6 Å². The molecule has 0 saturated carbocycles. The lowest BCUT2D eigenvalue weighted by atomic mass is 9.88. The number of nitrogens with one attached hydrogen (secondary N) is 4. The number of hydrogen-bond acceptors (Lipinski definition) is 6. The molecule has 30 heavy (non-hydrogen) atoms. The maximum atomic E-state index is 13.3. The summed E-state index contributed by atoms with van der Waals surface area (Å²) in [5.74, 6) is 1.70. The fourth-order valence-electron chi connectivity index (χ4n) is 4.21. The summed E-state index contributed by atoms with van der Waals surface area (Å²) in [6.07, 6.45) is 1.01. The number of fused-ring (bicyclic) bond motifs is 1. The molecule has 1 amide bonds. The Morgan fingerprint density at radius 2 is 1.67 bits per heavy atom. The third-order valence-electron chi connectivity index (χ3n) is 5.80. The van der Waals surface area contributed by atoms with Crippen LogP contribution in [0.2, 0.25) is 0 Å². The van der Waals surface area contributed by atoms with Gasteiger partial charge in [-0.3, -0.25) is 10.2 Å². The summed E-state index contributed by atoms with van der Waals surface area (Å²) >= 11 is 0.